The van der Waals surface area contributed by atoms with Gasteiger partial charge >= 0.3 is 0 Å². The van der Waals surface area contributed by atoms with Gasteiger partial charge in [0.25, 0.3) is 0 Å². The molecule has 1 heterocycles. The van der Waals surface area contributed by atoms with Gasteiger partial charge in [0.05, 0.1) is 0 Å². The molecule has 0 spiro atoms. The standard InChI is InChI=1S/C14H26N4O2/c1-5-6-12-9-13(16-10-15-12)17-11(2)7-8-18(3)14(19)20-4/h9-11,14,19H,5-8H2,1-4H3,(H,15,16,17). The number of hydrogen-bond donors (Lipinski definition) is 2. The summed E-state index contributed by atoms with van der Waals surface area (Å²) in [4.78, 5) is 10.2. The largest absolute Gasteiger partial charge is 0.367 e. The summed E-state index contributed by atoms with van der Waals surface area (Å²) in [6.07, 6.45) is 3.67. The fourth-order valence-electron chi connectivity index (χ4n) is 1.88. The van der Waals surface area contributed by atoms with E-state index in [0.717, 1.165) is 37.3 Å². The average molecular weight is 282 g/mol. The number of hydrogen-bond acceptors (Lipinski definition) is 6. The Morgan fingerprint density at radius 3 is 2.85 bits per heavy atom. The molecule has 2 N–H and O–H groups in total. The van der Waals surface area contributed by atoms with Crippen molar-refractivity contribution < 1.29 is 9.84 Å². The van der Waals surface area contributed by atoms with Gasteiger partial charge in [-0.15, -0.1) is 0 Å². The highest BCUT2D eigenvalue weighted by atomic mass is 16.6. The monoisotopic (exact) mass is 282 g/mol. The number of methoxy groups -OCH3 is 1. The van der Waals surface area contributed by atoms with Gasteiger partial charge in [0, 0.05) is 31.5 Å². The van der Waals surface area contributed by atoms with Crippen molar-refractivity contribution in [1.82, 2.24) is 14.9 Å². The summed E-state index contributed by atoms with van der Waals surface area (Å²) < 4.78 is 4.85. The van der Waals surface area contributed by atoms with E-state index < -0.39 is 6.41 Å². The number of aliphatic hydroxyl groups excluding tert-OH is 1. The third-order valence-electron chi connectivity index (χ3n) is 3.13. The summed E-state index contributed by atoms with van der Waals surface area (Å²) in [7, 11) is 3.31. The van der Waals surface area contributed by atoms with Crippen LogP contribution in [0.5, 0.6) is 0 Å². The average Bonchev–Trinajstić information content (AvgIpc) is 2.44. The molecule has 0 amide bonds. The minimum atomic E-state index is -0.850. The van der Waals surface area contributed by atoms with E-state index in [9.17, 15) is 5.11 Å². The van der Waals surface area contributed by atoms with Crippen LogP contribution in [-0.4, -0.2) is 53.1 Å². The maximum Gasteiger partial charge on any atom is 0.215 e. The number of rotatable bonds is 9. The molecule has 0 aromatic carbocycles. The van der Waals surface area contributed by atoms with Crippen LogP contribution in [0.3, 0.4) is 0 Å². The minimum Gasteiger partial charge on any atom is -0.367 e. The minimum absolute atomic E-state index is 0.255. The zero-order valence-corrected chi connectivity index (χ0v) is 12.8. The van der Waals surface area contributed by atoms with Crippen LogP contribution in [0.1, 0.15) is 32.4 Å². The zero-order chi connectivity index (χ0) is 15.0. The van der Waals surface area contributed by atoms with Crippen LogP contribution in [0, 0.1) is 0 Å². The predicted octanol–water partition coefficient (Wildman–Crippen LogP) is 1.47. The third kappa shape index (κ3) is 5.81. The third-order valence-corrected chi connectivity index (χ3v) is 3.13. The van der Waals surface area contributed by atoms with Crippen molar-refractivity contribution in [2.45, 2.75) is 45.6 Å². The second-order valence-electron chi connectivity index (χ2n) is 5.02. The Kier molecular flexibility index (Phi) is 7.43. The van der Waals surface area contributed by atoms with Crippen LogP contribution in [0.4, 0.5) is 5.82 Å². The molecule has 0 saturated carbocycles. The molecule has 0 fully saturated rings. The first-order valence-corrected chi connectivity index (χ1v) is 7.05. The molecule has 20 heavy (non-hydrogen) atoms. The zero-order valence-electron chi connectivity index (χ0n) is 12.8. The first-order valence-electron chi connectivity index (χ1n) is 7.05. The number of aromatic nitrogens is 2. The van der Waals surface area contributed by atoms with E-state index >= 15 is 0 Å². The molecule has 0 aliphatic carbocycles. The van der Waals surface area contributed by atoms with E-state index in [4.69, 9.17) is 4.74 Å². The van der Waals surface area contributed by atoms with Gasteiger partial charge < -0.3 is 15.2 Å². The van der Waals surface area contributed by atoms with Crippen molar-refractivity contribution in [1.29, 1.82) is 0 Å². The molecule has 0 bridgehead atoms. The smallest absolute Gasteiger partial charge is 0.215 e. The highest BCUT2D eigenvalue weighted by Gasteiger charge is 2.11. The number of aliphatic hydroxyl groups is 1. The van der Waals surface area contributed by atoms with E-state index in [0.29, 0.717) is 0 Å². The molecule has 0 aliphatic heterocycles. The van der Waals surface area contributed by atoms with Crippen LogP contribution in [0.25, 0.3) is 0 Å². The molecule has 1 aromatic rings. The van der Waals surface area contributed by atoms with Gasteiger partial charge in [-0.05, 0) is 26.8 Å². The lowest BCUT2D eigenvalue weighted by atomic mass is 10.2. The fourth-order valence-corrected chi connectivity index (χ4v) is 1.88. The van der Waals surface area contributed by atoms with Gasteiger partial charge in [0.2, 0.25) is 6.41 Å². The van der Waals surface area contributed by atoms with E-state index in [1.807, 2.05) is 13.1 Å². The molecule has 2 atom stereocenters. The van der Waals surface area contributed by atoms with E-state index in [2.05, 4.69) is 29.1 Å². The van der Waals surface area contributed by atoms with Gasteiger partial charge in [-0.1, -0.05) is 13.3 Å². The first kappa shape index (κ1) is 16.8. The number of aryl methyl sites for hydroxylation is 1. The van der Waals surface area contributed by atoms with Crippen molar-refractivity contribution in [3.63, 3.8) is 0 Å². The van der Waals surface area contributed by atoms with Crippen LogP contribution < -0.4 is 5.32 Å². The molecule has 2 unspecified atom stereocenters. The normalized spacial score (nSPS) is 14.3. The van der Waals surface area contributed by atoms with Gasteiger partial charge in [0.1, 0.15) is 12.1 Å². The van der Waals surface area contributed by atoms with E-state index in [1.54, 1.807) is 11.2 Å². The predicted molar refractivity (Wildman–Crippen MR) is 79.4 cm³/mol. The van der Waals surface area contributed by atoms with Crippen molar-refractivity contribution in [2.24, 2.45) is 0 Å². The molecule has 0 saturated heterocycles. The molecule has 114 valence electrons. The van der Waals surface area contributed by atoms with Gasteiger partial charge in [-0.2, -0.15) is 0 Å². The summed E-state index contributed by atoms with van der Waals surface area (Å²) >= 11 is 0. The topological polar surface area (TPSA) is 70.5 Å². The van der Waals surface area contributed by atoms with Gasteiger partial charge in [-0.25, -0.2) is 9.97 Å². The van der Waals surface area contributed by atoms with Crippen molar-refractivity contribution in [3.8, 4) is 0 Å². The molecule has 6 nitrogen and oxygen atoms in total. The number of anilines is 1. The SMILES string of the molecule is CCCc1cc(NC(C)CCN(C)C(O)OC)ncn1. The van der Waals surface area contributed by atoms with Crippen LogP contribution in [0.15, 0.2) is 12.4 Å². The summed E-state index contributed by atoms with van der Waals surface area (Å²) in [5.41, 5.74) is 1.06. The van der Waals surface area contributed by atoms with Crippen molar-refractivity contribution in [3.05, 3.63) is 18.1 Å². The number of ether oxygens (including phenoxy) is 1. The second kappa shape index (κ2) is 8.84. The Hall–Kier alpha value is -1.24. The Balaban J connectivity index is 2.41. The first-order chi connectivity index (χ1) is 9.56. The number of nitrogens with zero attached hydrogens (tertiary/aromatic N) is 3. The van der Waals surface area contributed by atoms with Crippen molar-refractivity contribution >= 4 is 5.82 Å². The Bertz CT molecular complexity index is 389. The summed E-state index contributed by atoms with van der Waals surface area (Å²) in [5.74, 6) is 0.853. The van der Waals surface area contributed by atoms with Crippen molar-refractivity contribution in [2.75, 3.05) is 26.0 Å². The molecule has 0 aliphatic rings. The fraction of sp³-hybridized carbons (Fsp3) is 0.714. The lowest BCUT2D eigenvalue weighted by Gasteiger charge is -2.23. The van der Waals surface area contributed by atoms with Gasteiger partial charge in [0.15, 0.2) is 0 Å². The summed E-state index contributed by atoms with van der Waals surface area (Å²) in [6.45, 7) is 4.96. The lowest BCUT2D eigenvalue weighted by molar-refractivity contribution is -0.167. The quantitative estimate of drug-likeness (QED) is 0.668. The highest BCUT2D eigenvalue weighted by molar-refractivity contribution is 5.35. The highest BCUT2D eigenvalue weighted by Crippen LogP contribution is 2.09. The Labute approximate surface area is 121 Å². The van der Waals surface area contributed by atoms with Crippen LogP contribution in [-0.2, 0) is 11.2 Å². The molecule has 1 rings (SSSR count). The van der Waals surface area contributed by atoms with E-state index in [1.165, 1.54) is 7.11 Å². The molecule has 1 aromatic heterocycles. The van der Waals surface area contributed by atoms with Gasteiger partial charge in [-0.3, -0.25) is 4.90 Å². The maximum absolute atomic E-state index is 9.49. The summed E-state index contributed by atoms with van der Waals surface area (Å²) in [5, 5.41) is 12.8. The molecule has 0 radical (unpaired) electrons. The molecular weight excluding hydrogens is 256 g/mol. The van der Waals surface area contributed by atoms with E-state index in [-0.39, 0.29) is 6.04 Å². The Morgan fingerprint density at radius 1 is 1.45 bits per heavy atom. The molecule has 6 heteroatoms. The molecular formula is C14H26N4O2. The summed E-state index contributed by atoms with van der Waals surface area (Å²) in [6, 6.07) is 2.25. The van der Waals surface area contributed by atoms with Crippen LogP contribution in [0.2, 0.25) is 0 Å². The Morgan fingerprint density at radius 2 is 2.20 bits per heavy atom. The van der Waals surface area contributed by atoms with Crippen LogP contribution >= 0.6 is 0 Å². The second-order valence-corrected chi connectivity index (χ2v) is 5.02. The lowest BCUT2D eigenvalue weighted by Crippen LogP contribution is -2.35. The number of nitrogens with one attached hydrogen (secondary N) is 1. The maximum atomic E-state index is 9.49.